The zero-order valence-electron chi connectivity index (χ0n) is 24.3. The Morgan fingerprint density at radius 1 is 1.02 bits per heavy atom. The average Bonchev–Trinajstić information content (AvgIpc) is 2.97. The third kappa shape index (κ3) is 6.93. The number of anilines is 2. The molecule has 0 spiro atoms. The number of fused-ring (bicyclic) bond motifs is 1. The number of sulfonamides is 1. The van der Waals surface area contributed by atoms with E-state index in [0.717, 1.165) is 43.2 Å². The van der Waals surface area contributed by atoms with Gasteiger partial charge in [0, 0.05) is 12.1 Å². The van der Waals surface area contributed by atoms with Crippen LogP contribution in [0.4, 0.5) is 16.2 Å². The lowest BCUT2D eigenvalue weighted by atomic mass is 9.91. The molecule has 0 unspecified atom stereocenters. The molecule has 0 amide bonds. The molecule has 10 nitrogen and oxygen atoms in total. The zero-order valence-corrected chi connectivity index (χ0v) is 25.1. The molecule has 12 heteroatoms. The summed E-state index contributed by atoms with van der Waals surface area (Å²) in [4.78, 5) is 20.9. The summed E-state index contributed by atoms with van der Waals surface area (Å²) in [6.07, 6.45) is 6.91. The highest BCUT2D eigenvalue weighted by Crippen LogP contribution is 2.32. The number of nitrogens with one attached hydrogen (secondary N) is 2. The second-order valence-corrected chi connectivity index (χ2v) is 12.5. The van der Waals surface area contributed by atoms with Crippen LogP contribution in [0.1, 0.15) is 43.7 Å². The summed E-state index contributed by atoms with van der Waals surface area (Å²) in [7, 11) is 1.95. The zero-order chi connectivity index (χ0) is 29.9. The molecule has 3 heterocycles. The topological polar surface area (TPSA) is 122 Å². The van der Waals surface area contributed by atoms with Gasteiger partial charge in [-0.15, -0.1) is 0 Å². The van der Waals surface area contributed by atoms with Crippen molar-refractivity contribution in [3.8, 4) is 17.1 Å². The summed E-state index contributed by atoms with van der Waals surface area (Å²) in [6, 6.07) is 11.5. The Hall–Kier alpha value is -3.90. The van der Waals surface area contributed by atoms with Gasteiger partial charge in [-0.05, 0) is 87.7 Å². The molecule has 4 aromatic rings. The van der Waals surface area contributed by atoms with Crippen LogP contribution in [0, 0.1) is 5.82 Å². The number of halogens is 1. The van der Waals surface area contributed by atoms with Crippen molar-refractivity contribution in [2.75, 3.05) is 31.2 Å². The van der Waals surface area contributed by atoms with Crippen LogP contribution in [0.25, 0.3) is 22.3 Å². The first-order chi connectivity index (χ1) is 20.1. The predicted octanol–water partition coefficient (Wildman–Crippen LogP) is 5.02. The molecule has 3 aromatic heterocycles. The lowest BCUT2D eigenvalue weighted by molar-refractivity contribution is 0.221. The van der Waals surface area contributed by atoms with E-state index in [9.17, 15) is 12.8 Å². The molecule has 0 bridgehead atoms. The first kappa shape index (κ1) is 29.6. The Bertz CT molecular complexity index is 1660. The molecule has 222 valence electrons. The van der Waals surface area contributed by atoms with E-state index in [2.05, 4.69) is 45.9 Å². The number of hydrogen-bond acceptors (Lipinski definition) is 9. The van der Waals surface area contributed by atoms with Crippen LogP contribution in [-0.4, -0.2) is 66.5 Å². The number of benzene rings is 1. The molecule has 42 heavy (non-hydrogen) atoms. The normalized spacial score (nSPS) is 17.4. The Morgan fingerprint density at radius 2 is 1.76 bits per heavy atom. The van der Waals surface area contributed by atoms with Crippen molar-refractivity contribution < 1.29 is 17.5 Å². The van der Waals surface area contributed by atoms with Crippen molar-refractivity contribution in [2.45, 2.75) is 56.9 Å². The SMILES string of the molecule is CCc1cc(-c2ccc(NS(=O)(=O)Cc3ccc(F)cc3)nc2OC)nc2cnc(NC3CCC(N(C)C)CC3)nc12. The lowest BCUT2D eigenvalue weighted by Crippen LogP contribution is -2.36. The molecular weight excluding hydrogens is 557 g/mol. The van der Waals surface area contributed by atoms with Gasteiger partial charge in [-0.1, -0.05) is 19.1 Å². The van der Waals surface area contributed by atoms with E-state index in [1.54, 1.807) is 18.3 Å². The maximum absolute atomic E-state index is 13.2. The number of methoxy groups -OCH3 is 1. The number of aryl methyl sites for hydroxylation is 1. The summed E-state index contributed by atoms with van der Waals surface area (Å²) in [5.74, 6) is 0.184. The van der Waals surface area contributed by atoms with Crippen LogP contribution in [0.3, 0.4) is 0 Å². The van der Waals surface area contributed by atoms with Crippen LogP contribution in [0.15, 0.2) is 48.7 Å². The second kappa shape index (κ2) is 12.5. The number of hydrogen-bond donors (Lipinski definition) is 2. The number of nitrogens with zero attached hydrogens (tertiary/aromatic N) is 5. The van der Waals surface area contributed by atoms with E-state index in [4.69, 9.17) is 14.7 Å². The Balaban J connectivity index is 1.36. The van der Waals surface area contributed by atoms with E-state index in [1.807, 2.05) is 6.07 Å². The summed E-state index contributed by atoms with van der Waals surface area (Å²) in [5.41, 5.74) is 4.13. The highest BCUT2D eigenvalue weighted by Gasteiger charge is 2.23. The van der Waals surface area contributed by atoms with Gasteiger partial charge >= 0.3 is 0 Å². The minimum absolute atomic E-state index is 0.105. The van der Waals surface area contributed by atoms with E-state index in [0.29, 0.717) is 40.4 Å². The monoisotopic (exact) mass is 593 g/mol. The first-order valence-corrected chi connectivity index (χ1v) is 15.7. The smallest absolute Gasteiger partial charge is 0.238 e. The quantitative estimate of drug-likeness (QED) is 0.261. The number of pyridine rings is 2. The fourth-order valence-corrected chi connectivity index (χ4v) is 6.46. The van der Waals surface area contributed by atoms with Gasteiger partial charge in [-0.2, -0.15) is 4.98 Å². The molecule has 1 saturated carbocycles. The molecule has 5 rings (SSSR count). The summed E-state index contributed by atoms with van der Waals surface area (Å²) in [6.45, 7) is 2.06. The summed E-state index contributed by atoms with van der Waals surface area (Å²) in [5, 5.41) is 3.52. The highest BCUT2D eigenvalue weighted by molar-refractivity contribution is 7.91. The molecule has 1 aliphatic carbocycles. The molecule has 1 aliphatic rings. The van der Waals surface area contributed by atoms with Crippen LogP contribution in [0.2, 0.25) is 0 Å². The molecule has 0 saturated heterocycles. The van der Waals surface area contributed by atoms with E-state index >= 15 is 0 Å². The summed E-state index contributed by atoms with van der Waals surface area (Å²) < 4.78 is 46.6. The van der Waals surface area contributed by atoms with Crippen molar-refractivity contribution in [2.24, 2.45) is 0 Å². The largest absolute Gasteiger partial charge is 0.480 e. The number of rotatable bonds is 10. The fourth-order valence-electron chi connectivity index (χ4n) is 5.33. The van der Waals surface area contributed by atoms with Crippen LogP contribution in [0.5, 0.6) is 5.88 Å². The van der Waals surface area contributed by atoms with Crippen molar-refractivity contribution in [1.82, 2.24) is 24.8 Å². The van der Waals surface area contributed by atoms with Gasteiger partial charge < -0.3 is 15.0 Å². The van der Waals surface area contributed by atoms with E-state index in [1.165, 1.54) is 31.4 Å². The van der Waals surface area contributed by atoms with Crippen molar-refractivity contribution in [3.63, 3.8) is 0 Å². The number of aromatic nitrogens is 4. The number of ether oxygens (including phenoxy) is 1. The molecule has 0 radical (unpaired) electrons. The third-order valence-corrected chi connectivity index (χ3v) is 8.86. The Kier molecular flexibility index (Phi) is 8.83. The molecular formula is C30H36FN7O3S. The van der Waals surface area contributed by atoms with Crippen molar-refractivity contribution in [1.29, 1.82) is 0 Å². The second-order valence-electron chi connectivity index (χ2n) is 10.8. The molecule has 0 aliphatic heterocycles. The standard InChI is InChI=1S/C30H36FN7O3S/c1-5-20-16-25(34-26-17-32-30(36-28(20)26)33-22-10-12-23(13-11-22)38(2)3)24-14-15-27(35-29(24)41-4)37-42(39,40)18-19-6-8-21(31)9-7-19/h6-9,14-17,22-23H,5,10-13,18H2,1-4H3,(H,35,37)(H,32,33,36). The highest BCUT2D eigenvalue weighted by atomic mass is 32.2. The fraction of sp³-hybridized carbons (Fsp3) is 0.400. The summed E-state index contributed by atoms with van der Waals surface area (Å²) >= 11 is 0. The molecule has 1 aromatic carbocycles. The van der Waals surface area contributed by atoms with Gasteiger partial charge in [0.05, 0.1) is 35.8 Å². The average molecular weight is 594 g/mol. The minimum Gasteiger partial charge on any atom is -0.480 e. The maximum atomic E-state index is 13.2. The molecule has 1 fully saturated rings. The Labute approximate surface area is 245 Å². The van der Waals surface area contributed by atoms with Gasteiger partial charge in [0.15, 0.2) is 0 Å². The molecule has 2 N–H and O–H groups in total. The van der Waals surface area contributed by atoms with E-state index < -0.39 is 15.8 Å². The van der Waals surface area contributed by atoms with Gasteiger partial charge in [0.1, 0.15) is 17.2 Å². The minimum atomic E-state index is -3.79. The predicted molar refractivity (Wildman–Crippen MR) is 162 cm³/mol. The van der Waals surface area contributed by atoms with Gasteiger partial charge in [0.25, 0.3) is 0 Å². The van der Waals surface area contributed by atoms with Crippen LogP contribution >= 0.6 is 0 Å². The first-order valence-electron chi connectivity index (χ1n) is 14.0. The van der Waals surface area contributed by atoms with Crippen LogP contribution < -0.4 is 14.8 Å². The molecule has 0 atom stereocenters. The lowest BCUT2D eigenvalue weighted by Gasteiger charge is -2.32. The van der Waals surface area contributed by atoms with Gasteiger partial charge in [-0.3, -0.25) is 4.72 Å². The van der Waals surface area contributed by atoms with E-state index in [-0.39, 0.29) is 17.5 Å². The Morgan fingerprint density at radius 3 is 2.43 bits per heavy atom. The van der Waals surface area contributed by atoms with Crippen molar-refractivity contribution >= 4 is 32.8 Å². The van der Waals surface area contributed by atoms with Crippen LogP contribution in [-0.2, 0) is 22.2 Å². The van der Waals surface area contributed by atoms with Crippen molar-refractivity contribution in [3.05, 3.63) is 65.6 Å². The third-order valence-electron chi connectivity index (χ3n) is 7.63. The maximum Gasteiger partial charge on any atom is 0.238 e. The van der Waals surface area contributed by atoms with Gasteiger partial charge in [-0.25, -0.2) is 27.8 Å². The van der Waals surface area contributed by atoms with Gasteiger partial charge in [0.2, 0.25) is 21.9 Å².